The van der Waals surface area contributed by atoms with Crippen molar-refractivity contribution in [2.45, 2.75) is 33.4 Å². The molecule has 0 bridgehead atoms. The quantitative estimate of drug-likeness (QED) is 0.445. The Kier molecular flexibility index (Phi) is 6.07. The molecule has 1 aromatic carbocycles. The molecular formula is C23H24FN7O. The molecule has 8 nitrogen and oxygen atoms in total. The highest BCUT2D eigenvalue weighted by Gasteiger charge is 2.23. The highest BCUT2D eigenvalue weighted by molar-refractivity contribution is 5.98. The third-order valence-electron chi connectivity index (χ3n) is 5.13. The molecule has 0 atom stereocenters. The number of hydrogen-bond acceptors (Lipinski definition) is 5. The van der Waals surface area contributed by atoms with Gasteiger partial charge in [0.1, 0.15) is 5.82 Å². The van der Waals surface area contributed by atoms with Crippen LogP contribution in [0.4, 0.5) is 4.39 Å². The van der Waals surface area contributed by atoms with E-state index in [-0.39, 0.29) is 17.8 Å². The predicted molar refractivity (Wildman–Crippen MR) is 118 cm³/mol. The van der Waals surface area contributed by atoms with Crippen LogP contribution in [0.15, 0.2) is 61.3 Å². The maximum Gasteiger partial charge on any atom is 0.256 e. The molecule has 3 heterocycles. The minimum absolute atomic E-state index is 0.0183. The van der Waals surface area contributed by atoms with E-state index in [0.717, 1.165) is 11.1 Å². The highest BCUT2D eigenvalue weighted by atomic mass is 19.1. The standard InChI is InChI=1S/C23H24FN7O/c1-16(2)30(11-10-29-15-18(13-28-29)21-6-5-19(24)14-25-21)23(32)20-12-17(3)4-7-22(20)31-26-8-9-27-31/h4-9,12-16H,10-11H2,1-3H3. The van der Waals surface area contributed by atoms with Gasteiger partial charge in [0.25, 0.3) is 5.91 Å². The zero-order valence-corrected chi connectivity index (χ0v) is 18.2. The first-order valence-corrected chi connectivity index (χ1v) is 10.3. The van der Waals surface area contributed by atoms with Gasteiger partial charge in [-0.15, -0.1) is 0 Å². The van der Waals surface area contributed by atoms with Gasteiger partial charge in [0.05, 0.1) is 48.3 Å². The van der Waals surface area contributed by atoms with E-state index in [9.17, 15) is 9.18 Å². The van der Waals surface area contributed by atoms with E-state index in [4.69, 9.17) is 0 Å². The second-order valence-corrected chi connectivity index (χ2v) is 7.79. The van der Waals surface area contributed by atoms with Crippen LogP contribution in [0.3, 0.4) is 0 Å². The molecule has 0 aliphatic heterocycles. The van der Waals surface area contributed by atoms with E-state index in [0.29, 0.717) is 30.0 Å². The maximum absolute atomic E-state index is 13.5. The monoisotopic (exact) mass is 433 g/mol. The van der Waals surface area contributed by atoms with E-state index < -0.39 is 0 Å². The molecule has 0 fully saturated rings. The zero-order valence-electron chi connectivity index (χ0n) is 18.2. The van der Waals surface area contributed by atoms with Crippen LogP contribution in [0.2, 0.25) is 0 Å². The van der Waals surface area contributed by atoms with Crippen LogP contribution >= 0.6 is 0 Å². The average molecular weight is 433 g/mol. The van der Waals surface area contributed by atoms with E-state index in [2.05, 4.69) is 20.3 Å². The summed E-state index contributed by atoms with van der Waals surface area (Å²) >= 11 is 0. The first-order valence-electron chi connectivity index (χ1n) is 10.3. The van der Waals surface area contributed by atoms with Gasteiger partial charge < -0.3 is 4.90 Å². The van der Waals surface area contributed by atoms with Crippen molar-refractivity contribution in [3.05, 3.63) is 78.3 Å². The Morgan fingerprint density at radius 2 is 1.88 bits per heavy atom. The number of halogens is 1. The van der Waals surface area contributed by atoms with Crippen molar-refractivity contribution in [2.24, 2.45) is 0 Å². The fourth-order valence-electron chi connectivity index (χ4n) is 3.46. The first kappa shape index (κ1) is 21.4. The first-order chi connectivity index (χ1) is 15.4. The van der Waals surface area contributed by atoms with Gasteiger partial charge in [-0.25, -0.2) is 4.39 Å². The molecule has 4 aromatic rings. The average Bonchev–Trinajstić information content (AvgIpc) is 3.46. The number of aryl methyl sites for hydroxylation is 1. The van der Waals surface area contributed by atoms with Gasteiger partial charge in [-0.1, -0.05) is 11.6 Å². The van der Waals surface area contributed by atoms with Crippen molar-refractivity contribution < 1.29 is 9.18 Å². The zero-order chi connectivity index (χ0) is 22.7. The minimum atomic E-state index is -0.381. The second kappa shape index (κ2) is 9.09. The van der Waals surface area contributed by atoms with Crippen molar-refractivity contribution in [3.8, 4) is 16.9 Å². The number of rotatable bonds is 7. The number of pyridine rings is 1. The lowest BCUT2D eigenvalue weighted by molar-refractivity contribution is 0.0696. The number of benzene rings is 1. The molecule has 4 rings (SSSR count). The number of aromatic nitrogens is 6. The van der Waals surface area contributed by atoms with Crippen LogP contribution in [-0.2, 0) is 6.54 Å². The van der Waals surface area contributed by atoms with Gasteiger partial charge in [-0.2, -0.15) is 20.1 Å². The molecule has 0 aliphatic carbocycles. The number of carbonyl (C=O) groups is 1. The van der Waals surface area contributed by atoms with Crippen LogP contribution in [-0.4, -0.2) is 53.2 Å². The molecule has 32 heavy (non-hydrogen) atoms. The van der Waals surface area contributed by atoms with Crippen LogP contribution in [0.1, 0.15) is 29.8 Å². The largest absolute Gasteiger partial charge is 0.334 e. The van der Waals surface area contributed by atoms with Crippen LogP contribution in [0.25, 0.3) is 16.9 Å². The molecular weight excluding hydrogens is 409 g/mol. The van der Waals surface area contributed by atoms with Gasteiger partial charge in [-0.3, -0.25) is 14.5 Å². The van der Waals surface area contributed by atoms with E-state index in [1.54, 1.807) is 34.2 Å². The summed E-state index contributed by atoms with van der Waals surface area (Å²) in [6, 6.07) is 8.62. The third kappa shape index (κ3) is 4.56. The summed E-state index contributed by atoms with van der Waals surface area (Å²) in [6.45, 7) is 6.89. The molecule has 0 saturated carbocycles. The minimum Gasteiger partial charge on any atom is -0.334 e. The van der Waals surface area contributed by atoms with Crippen molar-refractivity contribution in [1.82, 2.24) is 34.7 Å². The van der Waals surface area contributed by atoms with Crippen LogP contribution < -0.4 is 0 Å². The van der Waals surface area contributed by atoms with E-state index in [1.165, 1.54) is 17.1 Å². The van der Waals surface area contributed by atoms with Gasteiger partial charge in [0.15, 0.2) is 0 Å². The van der Waals surface area contributed by atoms with E-state index in [1.807, 2.05) is 45.2 Å². The normalized spacial score (nSPS) is 11.2. The van der Waals surface area contributed by atoms with Crippen molar-refractivity contribution in [1.29, 1.82) is 0 Å². The molecule has 0 spiro atoms. The number of nitrogens with zero attached hydrogens (tertiary/aromatic N) is 7. The molecule has 0 unspecified atom stereocenters. The van der Waals surface area contributed by atoms with Gasteiger partial charge in [-0.05, 0) is 45.0 Å². The lowest BCUT2D eigenvalue weighted by Gasteiger charge is -2.27. The Labute approximate surface area is 185 Å². The topological polar surface area (TPSA) is 81.7 Å². The Hall–Kier alpha value is -3.88. The number of hydrogen-bond donors (Lipinski definition) is 0. The Bertz CT molecular complexity index is 1200. The van der Waals surface area contributed by atoms with Crippen molar-refractivity contribution >= 4 is 5.91 Å². The lowest BCUT2D eigenvalue weighted by atomic mass is 10.1. The SMILES string of the molecule is Cc1ccc(-n2nccn2)c(C(=O)N(CCn2cc(-c3ccc(F)cn3)cn2)C(C)C)c1. The molecule has 0 aliphatic rings. The van der Waals surface area contributed by atoms with Crippen LogP contribution in [0.5, 0.6) is 0 Å². The van der Waals surface area contributed by atoms with Crippen molar-refractivity contribution in [3.63, 3.8) is 0 Å². The Balaban J connectivity index is 1.53. The fourth-order valence-corrected chi connectivity index (χ4v) is 3.46. The lowest BCUT2D eigenvalue weighted by Crippen LogP contribution is -2.39. The summed E-state index contributed by atoms with van der Waals surface area (Å²) < 4.78 is 14.9. The molecule has 0 saturated heterocycles. The Morgan fingerprint density at radius 3 is 2.56 bits per heavy atom. The molecule has 9 heteroatoms. The smallest absolute Gasteiger partial charge is 0.256 e. The molecule has 1 amide bonds. The Morgan fingerprint density at radius 1 is 1.09 bits per heavy atom. The summed E-state index contributed by atoms with van der Waals surface area (Å²) in [4.78, 5) is 20.9. The summed E-state index contributed by atoms with van der Waals surface area (Å²) in [5, 5.41) is 12.7. The highest BCUT2D eigenvalue weighted by Crippen LogP contribution is 2.19. The van der Waals surface area contributed by atoms with E-state index >= 15 is 0 Å². The predicted octanol–water partition coefficient (Wildman–Crippen LogP) is 3.52. The summed E-state index contributed by atoms with van der Waals surface area (Å²) in [5.41, 5.74) is 3.60. The maximum atomic E-state index is 13.5. The fraction of sp³-hybridized carbons (Fsp3) is 0.261. The summed E-state index contributed by atoms with van der Waals surface area (Å²) in [7, 11) is 0. The summed E-state index contributed by atoms with van der Waals surface area (Å²) in [6.07, 6.45) is 7.87. The molecule has 164 valence electrons. The third-order valence-corrected chi connectivity index (χ3v) is 5.13. The summed E-state index contributed by atoms with van der Waals surface area (Å²) in [5.74, 6) is -0.475. The van der Waals surface area contributed by atoms with Gasteiger partial charge >= 0.3 is 0 Å². The second-order valence-electron chi connectivity index (χ2n) is 7.79. The molecule has 0 radical (unpaired) electrons. The molecule has 0 N–H and O–H groups in total. The van der Waals surface area contributed by atoms with Crippen molar-refractivity contribution in [2.75, 3.05) is 6.54 Å². The number of amides is 1. The number of carbonyl (C=O) groups excluding carboxylic acids is 1. The molecule has 3 aromatic heterocycles. The van der Waals surface area contributed by atoms with Crippen LogP contribution in [0, 0.1) is 12.7 Å². The van der Waals surface area contributed by atoms with Gasteiger partial charge in [0.2, 0.25) is 0 Å². The van der Waals surface area contributed by atoms with Gasteiger partial charge in [0, 0.05) is 24.3 Å².